The van der Waals surface area contributed by atoms with Gasteiger partial charge in [-0.15, -0.1) is 13.2 Å². The predicted molar refractivity (Wildman–Crippen MR) is 110 cm³/mol. The molecule has 0 fully saturated rings. The highest BCUT2D eigenvalue weighted by Crippen LogP contribution is 2.38. The molecule has 0 radical (unpaired) electrons. The molecule has 0 aliphatic rings. The number of nitrogens with zero attached hydrogens (tertiary/aromatic N) is 1. The zero-order valence-corrected chi connectivity index (χ0v) is 16.1. The maximum absolute atomic E-state index is 12.4. The fourth-order valence-corrected chi connectivity index (χ4v) is 2.68. The minimum Gasteiger partial charge on any atom is -0.406 e. The SMILES string of the molecule is C=Cc1c(N)cc(-c2ccc(OC(F)(F)F)cc2)c(C)c1/N=C\C=C(/C)CC. The molecule has 0 aromatic heterocycles. The summed E-state index contributed by atoms with van der Waals surface area (Å²) < 4.78 is 41.0. The van der Waals surface area contributed by atoms with Crippen LogP contribution in [-0.4, -0.2) is 12.6 Å². The van der Waals surface area contributed by atoms with E-state index in [0.29, 0.717) is 16.9 Å². The second kappa shape index (κ2) is 8.78. The lowest BCUT2D eigenvalue weighted by Crippen LogP contribution is -2.16. The summed E-state index contributed by atoms with van der Waals surface area (Å²) in [4.78, 5) is 4.55. The number of ether oxygens (including phenoxy) is 1. The Morgan fingerprint density at radius 3 is 2.43 bits per heavy atom. The van der Waals surface area contributed by atoms with Crippen LogP contribution >= 0.6 is 0 Å². The molecule has 0 atom stereocenters. The fourth-order valence-electron chi connectivity index (χ4n) is 2.68. The van der Waals surface area contributed by atoms with E-state index in [2.05, 4.69) is 23.2 Å². The second-order valence-electron chi connectivity index (χ2n) is 6.32. The average molecular weight is 388 g/mol. The fraction of sp³-hybridized carbons (Fsp3) is 0.227. The highest BCUT2D eigenvalue weighted by Gasteiger charge is 2.31. The first kappa shape index (κ1) is 21.3. The van der Waals surface area contributed by atoms with Crippen molar-refractivity contribution in [3.05, 3.63) is 59.7 Å². The quantitative estimate of drug-likeness (QED) is 0.435. The molecule has 0 aliphatic carbocycles. The van der Waals surface area contributed by atoms with Crippen LogP contribution in [0.5, 0.6) is 5.75 Å². The normalized spacial score (nSPS) is 12.4. The summed E-state index contributed by atoms with van der Waals surface area (Å²) in [6.07, 6.45) is 1.50. The van der Waals surface area contributed by atoms with Gasteiger partial charge in [0.25, 0.3) is 0 Å². The van der Waals surface area contributed by atoms with Crippen molar-refractivity contribution in [1.29, 1.82) is 0 Å². The minimum atomic E-state index is -4.72. The lowest BCUT2D eigenvalue weighted by Gasteiger charge is -2.15. The van der Waals surface area contributed by atoms with Gasteiger partial charge in [-0.3, -0.25) is 4.99 Å². The number of aliphatic imine (C=N–C) groups is 1. The molecule has 0 saturated heterocycles. The number of anilines is 1. The predicted octanol–water partition coefficient (Wildman–Crippen LogP) is 6.84. The molecule has 0 amide bonds. The number of benzene rings is 2. The maximum atomic E-state index is 12.4. The monoisotopic (exact) mass is 388 g/mol. The summed E-state index contributed by atoms with van der Waals surface area (Å²) in [5.41, 5.74) is 11.6. The summed E-state index contributed by atoms with van der Waals surface area (Å²) in [5.74, 6) is -0.275. The Balaban J connectivity index is 2.50. The Labute approximate surface area is 163 Å². The summed E-state index contributed by atoms with van der Waals surface area (Å²) in [6, 6.07) is 7.44. The molecule has 3 nitrogen and oxygen atoms in total. The van der Waals surface area contributed by atoms with Gasteiger partial charge in [-0.1, -0.05) is 37.3 Å². The van der Waals surface area contributed by atoms with E-state index in [9.17, 15) is 13.2 Å². The van der Waals surface area contributed by atoms with Gasteiger partial charge in [-0.25, -0.2) is 0 Å². The number of hydrogen-bond acceptors (Lipinski definition) is 3. The van der Waals surface area contributed by atoms with Crippen LogP contribution < -0.4 is 10.5 Å². The van der Waals surface area contributed by atoms with Gasteiger partial charge in [0, 0.05) is 17.5 Å². The Bertz CT molecular complexity index is 911. The lowest BCUT2D eigenvalue weighted by molar-refractivity contribution is -0.274. The second-order valence-corrected chi connectivity index (χ2v) is 6.32. The van der Waals surface area contributed by atoms with Crippen LogP contribution in [0.4, 0.5) is 24.5 Å². The van der Waals surface area contributed by atoms with Gasteiger partial charge >= 0.3 is 6.36 Å². The molecule has 0 spiro atoms. The molecular weight excluding hydrogens is 365 g/mol. The van der Waals surface area contributed by atoms with E-state index in [1.165, 1.54) is 17.7 Å². The zero-order chi connectivity index (χ0) is 20.9. The number of nitrogens with two attached hydrogens (primary N) is 1. The molecule has 6 heteroatoms. The number of hydrogen-bond donors (Lipinski definition) is 1. The van der Waals surface area contributed by atoms with Gasteiger partial charge in [0.15, 0.2) is 0 Å². The van der Waals surface area contributed by atoms with E-state index < -0.39 is 6.36 Å². The molecule has 2 N–H and O–H groups in total. The topological polar surface area (TPSA) is 47.6 Å². The van der Waals surface area contributed by atoms with Crippen molar-refractivity contribution in [2.75, 3.05) is 5.73 Å². The molecule has 0 heterocycles. The lowest BCUT2D eigenvalue weighted by atomic mass is 9.95. The third kappa shape index (κ3) is 5.25. The number of alkyl halides is 3. The van der Waals surface area contributed by atoms with E-state index in [0.717, 1.165) is 23.1 Å². The first-order chi connectivity index (χ1) is 13.2. The van der Waals surface area contributed by atoms with E-state index in [1.807, 2.05) is 19.9 Å². The first-order valence-electron chi connectivity index (χ1n) is 8.77. The summed E-state index contributed by atoms with van der Waals surface area (Å²) in [5, 5.41) is 0. The van der Waals surface area contributed by atoms with Crippen LogP contribution in [0.1, 0.15) is 31.4 Å². The Kier molecular flexibility index (Phi) is 6.67. The zero-order valence-electron chi connectivity index (χ0n) is 16.1. The summed E-state index contributed by atoms with van der Waals surface area (Å²) >= 11 is 0. The molecule has 0 unspecified atom stereocenters. The Hall–Kier alpha value is -3.02. The standard InChI is InChI=1S/C22H23F3N2O/c1-5-14(3)11-12-27-21-15(4)19(13-20(26)18(21)6-2)16-7-9-17(10-8-16)28-22(23,24)25/h6-13H,2,5,26H2,1,3-4H3/b14-11+,27-12-. The summed E-state index contributed by atoms with van der Waals surface area (Å²) in [7, 11) is 0. The van der Waals surface area contributed by atoms with Crippen molar-refractivity contribution < 1.29 is 17.9 Å². The van der Waals surface area contributed by atoms with Crippen LogP contribution in [0.15, 0.2) is 53.6 Å². The Morgan fingerprint density at radius 1 is 1.25 bits per heavy atom. The van der Waals surface area contributed by atoms with Crippen LogP contribution in [0.2, 0.25) is 0 Å². The van der Waals surface area contributed by atoms with Crippen molar-refractivity contribution >= 4 is 23.7 Å². The molecule has 0 aliphatic heterocycles. The molecular formula is C22H23F3N2O. The van der Waals surface area contributed by atoms with Crippen molar-refractivity contribution in [2.24, 2.45) is 4.99 Å². The van der Waals surface area contributed by atoms with E-state index >= 15 is 0 Å². The summed E-state index contributed by atoms with van der Waals surface area (Å²) in [6.45, 7) is 9.78. The van der Waals surface area contributed by atoms with Gasteiger partial charge in [0.05, 0.1) is 5.69 Å². The van der Waals surface area contributed by atoms with Crippen LogP contribution in [0.3, 0.4) is 0 Å². The molecule has 0 bridgehead atoms. The Morgan fingerprint density at radius 2 is 1.89 bits per heavy atom. The van der Waals surface area contributed by atoms with Gasteiger partial charge in [0.2, 0.25) is 0 Å². The van der Waals surface area contributed by atoms with E-state index in [4.69, 9.17) is 5.73 Å². The smallest absolute Gasteiger partial charge is 0.406 e. The van der Waals surface area contributed by atoms with E-state index in [-0.39, 0.29) is 5.75 Å². The first-order valence-corrected chi connectivity index (χ1v) is 8.77. The molecule has 2 aromatic carbocycles. The molecule has 148 valence electrons. The molecule has 2 aromatic rings. The number of rotatable bonds is 6. The van der Waals surface area contributed by atoms with Crippen molar-refractivity contribution in [3.8, 4) is 16.9 Å². The minimum absolute atomic E-state index is 0.275. The van der Waals surface area contributed by atoms with Gasteiger partial charge < -0.3 is 10.5 Å². The molecule has 0 saturated carbocycles. The van der Waals surface area contributed by atoms with Crippen LogP contribution in [0, 0.1) is 6.92 Å². The number of halogens is 3. The maximum Gasteiger partial charge on any atom is 0.573 e. The van der Waals surface area contributed by atoms with Gasteiger partial charge in [0.1, 0.15) is 5.75 Å². The van der Waals surface area contributed by atoms with E-state index in [1.54, 1.807) is 30.5 Å². The number of allylic oxidation sites excluding steroid dienone is 2. The third-order valence-electron chi connectivity index (χ3n) is 4.35. The van der Waals surface area contributed by atoms with Gasteiger partial charge in [-0.2, -0.15) is 0 Å². The van der Waals surface area contributed by atoms with Crippen molar-refractivity contribution in [3.63, 3.8) is 0 Å². The van der Waals surface area contributed by atoms with Crippen LogP contribution in [0.25, 0.3) is 17.2 Å². The molecule has 2 rings (SSSR count). The average Bonchev–Trinajstić information content (AvgIpc) is 2.63. The van der Waals surface area contributed by atoms with Crippen molar-refractivity contribution in [1.82, 2.24) is 0 Å². The largest absolute Gasteiger partial charge is 0.573 e. The van der Waals surface area contributed by atoms with Gasteiger partial charge in [-0.05, 0) is 61.2 Å². The molecule has 28 heavy (non-hydrogen) atoms. The van der Waals surface area contributed by atoms with Crippen LogP contribution in [-0.2, 0) is 0 Å². The number of nitrogen functional groups attached to an aromatic ring is 1. The highest BCUT2D eigenvalue weighted by atomic mass is 19.4. The highest BCUT2D eigenvalue weighted by molar-refractivity contribution is 5.88. The van der Waals surface area contributed by atoms with Crippen molar-refractivity contribution in [2.45, 2.75) is 33.6 Å². The third-order valence-corrected chi connectivity index (χ3v) is 4.35.